The Labute approximate surface area is 164 Å². The van der Waals surface area contributed by atoms with Crippen molar-refractivity contribution in [3.05, 3.63) is 67.3 Å². The normalized spacial score (nSPS) is 17.2. The maximum Gasteiger partial charge on any atom is 0.336 e. The van der Waals surface area contributed by atoms with Crippen LogP contribution in [0, 0.1) is 0 Å². The van der Waals surface area contributed by atoms with Crippen LogP contribution in [0.4, 0.5) is 0 Å². The monoisotopic (exact) mass is 386 g/mol. The highest BCUT2D eigenvalue weighted by molar-refractivity contribution is 5.14. The molecular weight excluding hydrogens is 356 g/mol. The molecule has 0 unspecified atom stereocenters. The van der Waals surface area contributed by atoms with Gasteiger partial charge in [-0.2, -0.15) is 0 Å². The third-order valence-corrected chi connectivity index (χ3v) is 5.46. The molecule has 28 heavy (non-hydrogen) atoms. The Balaban J connectivity index is 1.72. The van der Waals surface area contributed by atoms with Crippen LogP contribution in [-0.4, -0.2) is 31.7 Å². The van der Waals surface area contributed by atoms with Crippen molar-refractivity contribution in [3.63, 3.8) is 0 Å². The summed E-state index contributed by atoms with van der Waals surface area (Å²) in [7, 11) is 1.45. The van der Waals surface area contributed by atoms with Gasteiger partial charge in [-0.3, -0.25) is 4.90 Å². The molecule has 1 aromatic carbocycles. The lowest BCUT2D eigenvalue weighted by atomic mass is 10.1. The molecule has 3 rings (SSSR count). The fourth-order valence-corrected chi connectivity index (χ4v) is 3.81. The third-order valence-electron chi connectivity index (χ3n) is 5.46. The zero-order chi connectivity index (χ0) is 19.9. The Morgan fingerprint density at radius 3 is 1.71 bits per heavy atom. The summed E-state index contributed by atoms with van der Waals surface area (Å²) in [5, 5.41) is 0. The van der Waals surface area contributed by atoms with E-state index in [4.69, 9.17) is 0 Å². The zero-order valence-electron chi connectivity index (χ0n) is 16.7. The Morgan fingerprint density at radius 2 is 1.18 bits per heavy atom. The number of hydrogen-bond donors (Lipinski definition) is 0. The molecule has 1 aliphatic heterocycles. The fourth-order valence-electron chi connectivity index (χ4n) is 3.81. The predicted molar refractivity (Wildman–Crippen MR) is 110 cm³/mol. The van der Waals surface area contributed by atoms with E-state index in [0.717, 1.165) is 62.7 Å². The summed E-state index contributed by atoms with van der Waals surface area (Å²) in [6.07, 6.45) is 5.46. The van der Waals surface area contributed by atoms with Crippen LogP contribution in [0.2, 0.25) is 0 Å². The van der Waals surface area contributed by atoms with Crippen molar-refractivity contribution >= 4 is 0 Å². The summed E-state index contributed by atoms with van der Waals surface area (Å²) in [5.41, 5.74) is -0.163. The molecule has 0 amide bonds. The molecule has 2 bridgehead atoms. The van der Waals surface area contributed by atoms with Crippen molar-refractivity contribution < 1.29 is 0 Å². The quantitative estimate of drug-likeness (QED) is 0.786. The van der Waals surface area contributed by atoms with E-state index in [1.54, 1.807) is 0 Å². The predicted octanol–water partition coefficient (Wildman–Crippen LogP) is 1.57. The van der Waals surface area contributed by atoms with Gasteiger partial charge in [0.05, 0.1) is 0 Å². The number of benzene rings is 1. The fraction of sp³-hybridized carbons (Fsp3) is 0.571. The lowest BCUT2D eigenvalue weighted by molar-refractivity contribution is 0.250. The zero-order valence-corrected chi connectivity index (χ0v) is 16.7. The van der Waals surface area contributed by atoms with Gasteiger partial charge in [-0.05, 0) is 44.3 Å². The first-order valence-corrected chi connectivity index (χ1v) is 10.2. The molecule has 0 saturated carbocycles. The molecule has 0 radical (unpaired) electrons. The van der Waals surface area contributed by atoms with Crippen LogP contribution in [0.1, 0.15) is 44.1 Å². The maximum atomic E-state index is 12.6. The SMILES string of the molecule is Cn1c(=O)n2c(=O)n(c1=O)CCCCCN(Cc1ccccc1)CCCCC2. The van der Waals surface area contributed by atoms with E-state index in [0.29, 0.717) is 13.1 Å². The number of fused-ring (bicyclic) bond motifs is 2. The second kappa shape index (κ2) is 9.68. The summed E-state index contributed by atoms with van der Waals surface area (Å²) >= 11 is 0. The van der Waals surface area contributed by atoms with E-state index in [2.05, 4.69) is 29.2 Å². The highest BCUT2D eigenvalue weighted by Gasteiger charge is 2.14. The minimum Gasteiger partial charge on any atom is -0.299 e. The molecule has 0 fully saturated rings. The van der Waals surface area contributed by atoms with Crippen LogP contribution in [0.15, 0.2) is 44.7 Å². The highest BCUT2D eigenvalue weighted by atomic mass is 16.2. The van der Waals surface area contributed by atoms with Crippen LogP contribution in [0.3, 0.4) is 0 Å². The smallest absolute Gasteiger partial charge is 0.299 e. The Kier molecular flexibility index (Phi) is 7.03. The number of nitrogens with zero attached hydrogens (tertiary/aromatic N) is 4. The summed E-state index contributed by atoms with van der Waals surface area (Å²) in [6.45, 7) is 3.71. The van der Waals surface area contributed by atoms with Gasteiger partial charge in [0.2, 0.25) is 0 Å². The summed E-state index contributed by atoms with van der Waals surface area (Å²) < 4.78 is 3.48. The Hall–Kier alpha value is -2.41. The molecule has 0 saturated heterocycles. The molecule has 2 heterocycles. The molecule has 0 N–H and O–H groups in total. The van der Waals surface area contributed by atoms with E-state index in [1.165, 1.54) is 21.7 Å². The Bertz CT molecular complexity index is 891. The van der Waals surface area contributed by atoms with Crippen molar-refractivity contribution in [2.75, 3.05) is 13.1 Å². The molecule has 0 aliphatic carbocycles. The van der Waals surface area contributed by atoms with E-state index >= 15 is 0 Å². The highest BCUT2D eigenvalue weighted by Crippen LogP contribution is 2.09. The van der Waals surface area contributed by atoms with E-state index in [-0.39, 0.29) is 0 Å². The first kappa shape index (κ1) is 20.3. The molecule has 0 atom stereocenters. The summed E-state index contributed by atoms with van der Waals surface area (Å²) in [6, 6.07) is 10.5. The van der Waals surface area contributed by atoms with Crippen molar-refractivity contribution in [2.24, 2.45) is 7.05 Å². The van der Waals surface area contributed by atoms with Gasteiger partial charge in [0.25, 0.3) is 0 Å². The van der Waals surface area contributed by atoms with Gasteiger partial charge in [0.1, 0.15) is 0 Å². The van der Waals surface area contributed by atoms with Gasteiger partial charge in [-0.15, -0.1) is 0 Å². The number of hydrogen-bond acceptors (Lipinski definition) is 4. The van der Waals surface area contributed by atoms with E-state index in [1.807, 2.05) is 6.07 Å². The van der Waals surface area contributed by atoms with Gasteiger partial charge in [0.15, 0.2) is 0 Å². The van der Waals surface area contributed by atoms with Crippen molar-refractivity contribution in [3.8, 4) is 0 Å². The van der Waals surface area contributed by atoms with E-state index in [9.17, 15) is 14.4 Å². The minimum atomic E-state index is -0.510. The van der Waals surface area contributed by atoms with Crippen LogP contribution in [0.5, 0.6) is 0 Å². The lowest BCUT2D eigenvalue weighted by Crippen LogP contribution is -2.53. The summed E-state index contributed by atoms with van der Waals surface area (Å²) in [5.74, 6) is 0. The average Bonchev–Trinajstić information content (AvgIpc) is 2.70. The van der Waals surface area contributed by atoms with Crippen LogP contribution in [-0.2, 0) is 26.7 Å². The van der Waals surface area contributed by atoms with Gasteiger partial charge in [-0.1, -0.05) is 43.2 Å². The standard InChI is InChI=1S/C21H30N4O3/c1-22-19(26)24-15-9-3-7-13-23(17-18-11-5-2-6-12-18)14-8-4-10-16-25(20(22)27)21(24)28/h2,5-6,11-12H,3-4,7-10,13-17H2,1H3. The molecule has 0 spiro atoms. The second-order valence-corrected chi connectivity index (χ2v) is 7.59. The maximum absolute atomic E-state index is 12.6. The van der Waals surface area contributed by atoms with Crippen LogP contribution in [0.25, 0.3) is 0 Å². The molecule has 152 valence electrons. The first-order chi connectivity index (χ1) is 13.6. The number of aromatic nitrogens is 3. The van der Waals surface area contributed by atoms with Gasteiger partial charge < -0.3 is 0 Å². The van der Waals surface area contributed by atoms with Crippen molar-refractivity contribution in [1.82, 2.24) is 18.6 Å². The van der Waals surface area contributed by atoms with Crippen molar-refractivity contribution in [1.29, 1.82) is 0 Å². The first-order valence-electron chi connectivity index (χ1n) is 10.2. The van der Waals surface area contributed by atoms with E-state index < -0.39 is 17.1 Å². The molecule has 7 nitrogen and oxygen atoms in total. The topological polar surface area (TPSA) is 69.2 Å². The van der Waals surface area contributed by atoms with Crippen LogP contribution < -0.4 is 17.1 Å². The second-order valence-electron chi connectivity index (χ2n) is 7.59. The van der Waals surface area contributed by atoms with Gasteiger partial charge >= 0.3 is 17.1 Å². The van der Waals surface area contributed by atoms with Gasteiger partial charge in [-0.25, -0.2) is 28.1 Å². The molecule has 1 aliphatic rings. The molecule has 1 aromatic heterocycles. The van der Waals surface area contributed by atoms with Crippen molar-refractivity contribution in [2.45, 2.75) is 58.2 Å². The molecule has 7 heteroatoms. The average molecular weight is 386 g/mol. The van der Waals surface area contributed by atoms with Gasteiger partial charge in [0, 0.05) is 26.7 Å². The number of rotatable bonds is 2. The van der Waals surface area contributed by atoms with Crippen LogP contribution >= 0.6 is 0 Å². The minimum absolute atomic E-state index is 0.366. The third kappa shape index (κ3) is 4.90. The Morgan fingerprint density at radius 1 is 0.679 bits per heavy atom. The summed E-state index contributed by atoms with van der Waals surface area (Å²) in [4.78, 5) is 39.7. The lowest BCUT2D eigenvalue weighted by Gasteiger charge is -2.23. The largest absolute Gasteiger partial charge is 0.336 e. The molecular formula is C21H30N4O3. The molecule has 2 aromatic rings.